The average Bonchev–Trinajstić information content (AvgIpc) is 2.93. The molecular formula is C20H26N2O4S. The molecule has 146 valence electrons. The lowest BCUT2D eigenvalue weighted by atomic mass is 10.0. The van der Waals surface area contributed by atoms with Crippen molar-refractivity contribution in [1.29, 1.82) is 0 Å². The van der Waals surface area contributed by atoms with Crippen LogP contribution in [0.3, 0.4) is 0 Å². The number of aryl methyl sites for hydroxylation is 2. The third-order valence-corrected chi connectivity index (χ3v) is 4.89. The minimum atomic E-state index is -0.412. The van der Waals surface area contributed by atoms with Gasteiger partial charge in [-0.2, -0.15) is 0 Å². The number of thioether (sulfide) groups is 1. The van der Waals surface area contributed by atoms with E-state index >= 15 is 0 Å². The Morgan fingerprint density at radius 3 is 2.52 bits per heavy atom. The molecule has 1 amide bonds. The van der Waals surface area contributed by atoms with E-state index in [2.05, 4.69) is 10.5 Å². The summed E-state index contributed by atoms with van der Waals surface area (Å²) in [5.74, 6) is 1.26. The van der Waals surface area contributed by atoms with Gasteiger partial charge in [0, 0.05) is 11.3 Å². The summed E-state index contributed by atoms with van der Waals surface area (Å²) < 4.78 is 10.4. The fraction of sp³-hybridized carbons (Fsp3) is 0.450. The number of hydrogen-bond donors (Lipinski definition) is 1. The van der Waals surface area contributed by atoms with Gasteiger partial charge < -0.3 is 14.6 Å². The molecule has 0 aliphatic rings. The maximum absolute atomic E-state index is 12.4. The fourth-order valence-electron chi connectivity index (χ4n) is 2.60. The molecule has 0 bridgehead atoms. The highest BCUT2D eigenvalue weighted by Gasteiger charge is 2.20. The molecule has 0 saturated heterocycles. The van der Waals surface area contributed by atoms with Crippen LogP contribution in [0.5, 0.6) is 0 Å². The van der Waals surface area contributed by atoms with Gasteiger partial charge in [-0.1, -0.05) is 35.5 Å². The van der Waals surface area contributed by atoms with Crippen LogP contribution in [0.1, 0.15) is 48.9 Å². The molecule has 2 rings (SSSR count). The van der Waals surface area contributed by atoms with Crippen LogP contribution in [0.4, 0.5) is 0 Å². The monoisotopic (exact) mass is 390 g/mol. The highest BCUT2D eigenvalue weighted by molar-refractivity contribution is 7.99. The Labute approximate surface area is 164 Å². The summed E-state index contributed by atoms with van der Waals surface area (Å²) in [5.41, 5.74) is 2.74. The van der Waals surface area contributed by atoms with E-state index in [0.29, 0.717) is 5.75 Å². The molecule has 1 N–H and O–H groups in total. The second-order valence-electron chi connectivity index (χ2n) is 6.57. The zero-order valence-electron chi connectivity index (χ0n) is 16.2. The molecule has 0 fully saturated rings. The standard InChI is InChI=1S/C20H26N2O4S/c1-13(2)25-20(24)10-18(16-8-6-5-7-9-16)21-19(23)12-27-11-17-14(3)22-26-15(17)4/h5-9,13,18H,10-12H2,1-4H3,(H,21,23). The van der Waals surface area contributed by atoms with Gasteiger partial charge in [-0.15, -0.1) is 11.8 Å². The fourth-order valence-corrected chi connectivity index (χ4v) is 3.59. The number of esters is 1. The van der Waals surface area contributed by atoms with Crippen molar-refractivity contribution in [1.82, 2.24) is 10.5 Å². The Balaban J connectivity index is 1.93. The van der Waals surface area contributed by atoms with Crippen LogP contribution in [-0.4, -0.2) is 28.9 Å². The van der Waals surface area contributed by atoms with Crippen LogP contribution in [0, 0.1) is 13.8 Å². The first kappa shape index (κ1) is 21.0. The zero-order chi connectivity index (χ0) is 19.8. The Hall–Kier alpha value is -2.28. The van der Waals surface area contributed by atoms with Crippen LogP contribution >= 0.6 is 11.8 Å². The predicted octanol–water partition coefficient (Wildman–Crippen LogP) is 3.72. The minimum Gasteiger partial charge on any atom is -0.463 e. The summed E-state index contributed by atoms with van der Waals surface area (Å²) in [6.45, 7) is 7.36. The highest BCUT2D eigenvalue weighted by atomic mass is 32.2. The number of carbonyl (C=O) groups is 2. The smallest absolute Gasteiger partial charge is 0.308 e. The Bertz CT molecular complexity index is 739. The third kappa shape index (κ3) is 6.75. The van der Waals surface area contributed by atoms with E-state index in [1.54, 1.807) is 13.8 Å². The van der Waals surface area contributed by atoms with Crippen LogP contribution in [-0.2, 0) is 20.1 Å². The minimum absolute atomic E-state index is 0.0997. The number of amides is 1. The molecule has 2 aromatic rings. The molecule has 0 spiro atoms. The van der Waals surface area contributed by atoms with E-state index < -0.39 is 6.04 Å². The third-order valence-electron chi connectivity index (χ3n) is 3.94. The average molecular weight is 391 g/mol. The molecule has 6 nitrogen and oxygen atoms in total. The van der Waals surface area contributed by atoms with E-state index in [1.807, 2.05) is 44.2 Å². The number of carbonyl (C=O) groups excluding carboxylic acids is 2. The SMILES string of the molecule is Cc1noc(C)c1CSCC(=O)NC(CC(=O)OC(C)C)c1ccccc1. The summed E-state index contributed by atoms with van der Waals surface area (Å²) in [7, 11) is 0. The first-order chi connectivity index (χ1) is 12.9. The lowest BCUT2D eigenvalue weighted by Gasteiger charge is -2.19. The number of rotatable bonds is 9. The predicted molar refractivity (Wildman–Crippen MR) is 105 cm³/mol. The van der Waals surface area contributed by atoms with Gasteiger partial charge in [0.25, 0.3) is 0 Å². The number of nitrogens with one attached hydrogen (secondary N) is 1. The summed E-state index contributed by atoms with van der Waals surface area (Å²) in [4.78, 5) is 24.5. The van der Waals surface area contributed by atoms with Crippen molar-refractivity contribution in [2.24, 2.45) is 0 Å². The summed E-state index contributed by atoms with van der Waals surface area (Å²) in [5, 5.41) is 6.87. The molecule has 1 heterocycles. The van der Waals surface area contributed by atoms with Gasteiger partial charge in [-0.3, -0.25) is 9.59 Å². The number of benzene rings is 1. The Morgan fingerprint density at radius 1 is 1.22 bits per heavy atom. The van der Waals surface area contributed by atoms with Crippen molar-refractivity contribution in [2.45, 2.75) is 52.0 Å². The van der Waals surface area contributed by atoms with Crippen molar-refractivity contribution in [3.8, 4) is 0 Å². The molecule has 0 radical (unpaired) electrons. The topological polar surface area (TPSA) is 81.4 Å². The number of nitrogens with zero attached hydrogens (tertiary/aromatic N) is 1. The van der Waals surface area contributed by atoms with Gasteiger partial charge in [0.05, 0.1) is 30.0 Å². The Morgan fingerprint density at radius 2 is 1.93 bits per heavy atom. The number of hydrogen-bond acceptors (Lipinski definition) is 6. The van der Waals surface area contributed by atoms with Crippen LogP contribution < -0.4 is 5.32 Å². The van der Waals surface area contributed by atoms with Crippen molar-refractivity contribution >= 4 is 23.6 Å². The highest BCUT2D eigenvalue weighted by Crippen LogP contribution is 2.21. The molecule has 0 aliphatic carbocycles. The molecule has 27 heavy (non-hydrogen) atoms. The largest absolute Gasteiger partial charge is 0.463 e. The van der Waals surface area contributed by atoms with Crippen LogP contribution in [0.2, 0.25) is 0 Å². The summed E-state index contributed by atoms with van der Waals surface area (Å²) in [6, 6.07) is 9.04. The van der Waals surface area contributed by atoms with Crippen molar-refractivity contribution in [3.05, 3.63) is 52.9 Å². The van der Waals surface area contributed by atoms with E-state index in [9.17, 15) is 9.59 Å². The molecule has 1 atom stereocenters. The lowest BCUT2D eigenvalue weighted by molar-refractivity contribution is -0.148. The molecule has 1 aromatic carbocycles. The van der Waals surface area contributed by atoms with Gasteiger partial charge in [0.15, 0.2) is 0 Å². The molecule has 0 saturated carbocycles. The Kier molecular flexibility index (Phi) is 7.91. The van der Waals surface area contributed by atoms with Crippen LogP contribution in [0.25, 0.3) is 0 Å². The normalized spacial score (nSPS) is 12.0. The van der Waals surface area contributed by atoms with E-state index in [0.717, 1.165) is 22.6 Å². The zero-order valence-corrected chi connectivity index (χ0v) is 17.0. The van der Waals surface area contributed by atoms with Crippen molar-refractivity contribution in [3.63, 3.8) is 0 Å². The second-order valence-corrected chi connectivity index (χ2v) is 7.55. The first-order valence-electron chi connectivity index (χ1n) is 8.90. The van der Waals surface area contributed by atoms with Crippen molar-refractivity contribution in [2.75, 3.05) is 5.75 Å². The van der Waals surface area contributed by atoms with Gasteiger partial charge in [-0.05, 0) is 33.3 Å². The molecule has 7 heteroatoms. The quantitative estimate of drug-likeness (QED) is 0.657. The van der Waals surface area contributed by atoms with Gasteiger partial charge in [0.2, 0.25) is 5.91 Å². The van der Waals surface area contributed by atoms with Gasteiger partial charge in [0.1, 0.15) is 5.76 Å². The summed E-state index contributed by atoms with van der Waals surface area (Å²) in [6.07, 6.45) is -0.0853. The van der Waals surface area contributed by atoms with E-state index in [-0.39, 0.29) is 30.2 Å². The van der Waals surface area contributed by atoms with Crippen molar-refractivity contribution < 1.29 is 18.8 Å². The lowest BCUT2D eigenvalue weighted by Crippen LogP contribution is -2.32. The number of aromatic nitrogens is 1. The molecule has 1 aromatic heterocycles. The molecular weight excluding hydrogens is 364 g/mol. The summed E-state index contributed by atoms with van der Waals surface area (Å²) >= 11 is 1.49. The maximum atomic E-state index is 12.4. The van der Waals surface area contributed by atoms with Gasteiger partial charge >= 0.3 is 5.97 Å². The number of ether oxygens (including phenoxy) is 1. The van der Waals surface area contributed by atoms with Crippen LogP contribution in [0.15, 0.2) is 34.9 Å². The van der Waals surface area contributed by atoms with Gasteiger partial charge in [-0.25, -0.2) is 0 Å². The molecule has 0 aliphatic heterocycles. The first-order valence-corrected chi connectivity index (χ1v) is 10.1. The second kappa shape index (κ2) is 10.2. The van der Waals surface area contributed by atoms with E-state index in [1.165, 1.54) is 11.8 Å². The van der Waals surface area contributed by atoms with E-state index in [4.69, 9.17) is 9.26 Å². The molecule has 1 unspecified atom stereocenters. The maximum Gasteiger partial charge on any atom is 0.308 e.